The fraction of sp³-hybridized carbons (Fsp3) is 0.583. The summed E-state index contributed by atoms with van der Waals surface area (Å²) in [7, 11) is 0. The van der Waals surface area contributed by atoms with Crippen LogP contribution in [0, 0.1) is 11.8 Å². The molecule has 4 rings (SSSR count). The van der Waals surface area contributed by atoms with Gasteiger partial charge in [0.2, 0.25) is 0 Å². The van der Waals surface area contributed by atoms with Crippen LogP contribution in [0.4, 0.5) is 5.69 Å². The first-order chi connectivity index (χ1) is 12.6. The number of hydrogen-bond donors (Lipinski definition) is 1. The molecule has 0 radical (unpaired) electrons. The normalized spacial score (nSPS) is 24.5. The van der Waals surface area contributed by atoms with Crippen molar-refractivity contribution in [1.82, 2.24) is 4.90 Å². The Hall–Kier alpha value is -1.54. The zero-order valence-corrected chi connectivity index (χ0v) is 16.6. The second-order valence-electron chi connectivity index (χ2n) is 8.95. The second-order valence-corrected chi connectivity index (χ2v) is 8.95. The molecule has 0 amide bonds. The van der Waals surface area contributed by atoms with Crippen LogP contribution in [0.1, 0.15) is 57.1 Å². The highest BCUT2D eigenvalue weighted by atomic mass is 15.2. The summed E-state index contributed by atoms with van der Waals surface area (Å²) >= 11 is 0. The molecular weight excluding hydrogens is 316 g/mol. The molecule has 1 atom stereocenters. The molecule has 1 saturated heterocycles. The third kappa shape index (κ3) is 3.91. The van der Waals surface area contributed by atoms with Gasteiger partial charge in [-0.25, -0.2) is 0 Å². The number of hydrogen-bond acceptors (Lipinski definition) is 2. The number of fused-ring (bicyclic) bond motifs is 1. The zero-order chi connectivity index (χ0) is 18.1. The summed E-state index contributed by atoms with van der Waals surface area (Å²) in [5.74, 6) is 1.37. The third-order valence-electron chi connectivity index (χ3n) is 6.68. The van der Waals surface area contributed by atoms with Crippen molar-refractivity contribution in [3.05, 3.63) is 47.1 Å². The van der Waals surface area contributed by atoms with Gasteiger partial charge in [-0.1, -0.05) is 56.1 Å². The van der Waals surface area contributed by atoms with Gasteiger partial charge in [0.15, 0.2) is 0 Å². The molecule has 0 aromatic heterocycles. The van der Waals surface area contributed by atoms with Gasteiger partial charge in [-0.2, -0.15) is 0 Å². The highest BCUT2D eigenvalue weighted by Gasteiger charge is 2.29. The summed E-state index contributed by atoms with van der Waals surface area (Å²) in [5.41, 5.74) is 7.22. The molecule has 1 aliphatic heterocycles. The van der Waals surface area contributed by atoms with E-state index in [0.717, 1.165) is 12.5 Å². The quantitative estimate of drug-likeness (QED) is 0.704. The molecule has 26 heavy (non-hydrogen) atoms. The summed E-state index contributed by atoms with van der Waals surface area (Å²) in [6.45, 7) is 12.2. The molecule has 1 saturated carbocycles. The summed E-state index contributed by atoms with van der Waals surface area (Å²) in [6.07, 6.45) is 10.5. The lowest BCUT2D eigenvalue weighted by Gasteiger charge is -2.41. The number of nitrogens with zero attached hydrogens (tertiary/aromatic N) is 1. The Morgan fingerprint density at radius 1 is 1.19 bits per heavy atom. The zero-order valence-electron chi connectivity index (χ0n) is 16.6. The Morgan fingerprint density at radius 2 is 1.96 bits per heavy atom. The minimum atomic E-state index is 0.649. The van der Waals surface area contributed by atoms with Gasteiger partial charge in [-0.05, 0) is 55.4 Å². The fourth-order valence-corrected chi connectivity index (χ4v) is 4.77. The fourth-order valence-electron chi connectivity index (χ4n) is 4.77. The lowest BCUT2D eigenvalue weighted by atomic mass is 9.83. The SMILES string of the molecule is C=C(C)C1CN(CC2=Cc3ccc(NC4CCCCC4)cc3C[C@H]2C)C1. The van der Waals surface area contributed by atoms with E-state index >= 15 is 0 Å². The maximum Gasteiger partial charge on any atom is 0.0345 e. The van der Waals surface area contributed by atoms with E-state index in [1.54, 1.807) is 5.57 Å². The van der Waals surface area contributed by atoms with Gasteiger partial charge >= 0.3 is 0 Å². The number of nitrogens with one attached hydrogen (secondary N) is 1. The standard InChI is InChI=1S/C24H34N2/c1-17(2)22-15-26(16-22)14-21-12-19-9-10-24(13-20(19)11-18(21)3)25-23-7-5-4-6-8-23/h9-10,12-13,18,22-23,25H,1,4-8,11,14-16H2,2-3H3/t18-/m1/s1. The first kappa shape index (κ1) is 17.9. The van der Waals surface area contributed by atoms with Crippen molar-refractivity contribution in [2.45, 2.75) is 58.4 Å². The lowest BCUT2D eigenvalue weighted by molar-refractivity contribution is 0.134. The van der Waals surface area contributed by atoms with E-state index < -0.39 is 0 Å². The molecule has 1 N–H and O–H groups in total. The molecule has 1 aromatic carbocycles. The summed E-state index contributed by atoms with van der Waals surface area (Å²) in [6, 6.07) is 7.72. The molecule has 0 spiro atoms. The van der Waals surface area contributed by atoms with Gasteiger partial charge in [0, 0.05) is 37.3 Å². The van der Waals surface area contributed by atoms with E-state index in [1.807, 2.05) is 0 Å². The van der Waals surface area contributed by atoms with Crippen LogP contribution in [0.2, 0.25) is 0 Å². The Bertz CT molecular complexity index is 690. The van der Waals surface area contributed by atoms with Crippen molar-refractivity contribution in [1.29, 1.82) is 0 Å². The van der Waals surface area contributed by atoms with Gasteiger partial charge in [0.1, 0.15) is 0 Å². The van der Waals surface area contributed by atoms with Crippen LogP contribution in [0.25, 0.3) is 6.08 Å². The molecule has 0 unspecified atom stereocenters. The van der Waals surface area contributed by atoms with Crippen molar-refractivity contribution in [2.75, 3.05) is 25.0 Å². The average Bonchev–Trinajstić information content (AvgIpc) is 2.58. The molecule has 3 aliphatic rings. The van der Waals surface area contributed by atoms with Crippen LogP contribution < -0.4 is 5.32 Å². The summed E-state index contributed by atoms with van der Waals surface area (Å²) in [4.78, 5) is 2.58. The van der Waals surface area contributed by atoms with Crippen molar-refractivity contribution in [3.63, 3.8) is 0 Å². The van der Waals surface area contributed by atoms with Gasteiger partial charge in [-0.15, -0.1) is 0 Å². The largest absolute Gasteiger partial charge is 0.382 e. The Kier molecular flexibility index (Phi) is 5.22. The molecule has 2 fully saturated rings. The van der Waals surface area contributed by atoms with Crippen LogP contribution in [-0.2, 0) is 6.42 Å². The van der Waals surface area contributed by atoms with E-state index in [-0.39, 0.29) is 0 Å². The van der Waals surface area contributed by atoms with E-state index in [4.69, 9.17) is 0 Å². The van der Waals surface area contributed by atoms with E-state index in [9.17, 15) is 0 Å². The topological polar surface area (TPSA) is 15.3 Å². The Labute approximate surface area is 159 Å². The second kappa shape index (κ2) is 7.60. The van der Waals surface area contributed by atoms with E-state index in [2.05, 4.69) is 54.9 Å². The first-order valence-corrected chi connectivity index (χ1v) is 10.6. The number of anilines is 1. The van der Waals surface area contributed by atoms with E-state index in [0.29, 0.717) is 12.0 Å². The van der Waals surface area contributed by atoms with Gasteiger partial charge < -0.3 is 5.32 Å². The summed E-state index contributed by atoms with van der Waals surface area (Å²) < 4.78 is 0. The predicted octanol–water partition coefficient (Wildman–Crippen LogP) is 5.51. The number of likely N-dealkylation sites (tertiary alicyclic amines) is 1. The van der Waals surface area contributed by atoms with Gasteiger partial charge in [-0.3, -0.25) is 4.90 Å². The van der Waals surface area contributed by atoms with Crippen LogP contribution in [0.3, 0.4) is 0 Å². The summed E-state index contributed by atoms with van der Waals surface area (Å²) in [5, 5.41) is 3.79. The Morgan fingerprint density at radius 3 is 2.69 bits per heavy atom. The Balaban J connectivity index is 1.41. The van der Waals surface area contributed by atoms with Crippen LogP contribution in [0.15, 0.2) is 35.9 Å². The maximum absolute atomic E-state index is 4.11. The van der Waals surface area contributed by atoms with Crippen molar-refractivity contribution in [3.8, 4) is 0 Å². The monoisotopic (exact) mass is 350 g/mol. The minimum Gasteiger partial charge on any atom is -0.382 e. The minimum absolute atomic E-state index is 0.649. The highest BCUT2D eigenvalue weighted by molar-refractivity contribution is 5.64. The molecule has 2 nitrogen and oxygen atoms in total. The van der Waals surface area contributed by atoms with E-state index in [1.165, 1.54) is 74.0 Å². The highest BCUT2D eigenvalue weighted by Crippen LogP contribution is 2.33. The molecule has 140 valence electrons. The van der Waals surface area contributed by atoms with Crippen molar-refractivity contribution in [2.24, 2.45) is 11.8 Å². The van der Waals surface area contributed by atoms with Crippen LogP contribution >= 0.6 is 0 Å². The maximum atomic E-state index is 4.11. The van der Waals surface area contributed by atoms with Crippen molar-refractivity contribution < 1.29 is 0 Å². The van der Waals surface area contributed by atoms with Crippen LogP contribution in [-0.4, -0.2) is 30.6 Å². The first-order valence-electron chi connectivity index (χ1n) is 10.6. The third-order valence-corrected chi connectivity index (χ3v) is 6.68. The lowest BCUT2D eigenvalue weighted by Crippen LogP contribution is -2.48. The molecule has 2 heteroatoms. The van der Waals surface area contributed by atoms with Crippen molar-refractivity contribution >= 4 is 11.8 Å². The van der Waals surface area contributed by atoms with Crippen LogP contribution in [0.5, 0.6) is 0 Å². The predicted molar refractivity (Wildman–Crippen MR) is 113 cm³/mol. The average molecular weight is 351 g/mol. The molecule has 0 bridgehead atoms. The van der Waals surface area contributed by atoms with Gasteiger partial charge in [0.05, 0.1) is 0 Å². The number of benzene rings is 1. The molecular formula is C24H34N2. The molecule has 2 aliphatic carbocycles. The van der Waals surface area contributed by atoms with Gasteiger partial charge in [0.25, 0.3) is 0 Å². The smallest absolute Gasteiger partial charge is 0.0345 e. The molecule has 1 heterocycles. The molecule has 1 aromatic rings. The number of rotatable bonds is 5.